The maximum atomic E-state index is 8.67. The van der Waals surface area contributed by atoms with Crippen molar-refractivity contribution in [1.29, 1.82) is 0 Å². The van der Waals surface area contributed by atoms with Crippen molar-refractivity contribution in [2.75, 3.05) is 19.6 Å². The lowest BCUT2D eigenvalue weighted by Gasteiger charge is -2.15. The lowest BCUT2D eigenvalue weighted by molar-refractivity contribution is 0.371. The SMILES string of the molecule is C=CCN.CCN(CC)C(O)=S.NC(O)=S. The smallest absolute Gasteiger partial charge is 0.256 e. The number of nitrogens with zero attached hydrogens (tertiary/aromatic N) is 1. The van der Waals surface area contributed by atoms with Gasteiger partial charge in [-0.05, 0) is 38.3 Å². The predicted octanol–water partition coefficient (Wildman–Crippen LogP) is 1.09. The van der Waals surface area contributed by atoms with Crippen molar-refractivity contribution in [3.8, 4) is 0 Å². The maximum Gasteiger partial charge on any atom is 0.256 e. The molecule has 5 nitrogen and oxygen atoms in total. The van der Waals surface area contributed by atoms with E-state index in [1.165, 1.54) is 0 Å². The molecule has 0 radical (unpaired) electrons. The first kappa shape index (κ1) is 20.5. The molecule has 6 N–H and O–H groups in total. The lowest BCUT2D eigenvalue weighted by Crippen LogP contribution is -2.28. The molecule has 0 atom stereocenters. The third-order valence-electron chi connectivity index (χ3n) is 1.20. The molecule has 16 heavy (non-hydrogen) atoms. The molecule has 0 bridgehead atoms. The summed E-state index contributed by atoms with van der Waals surface area (Å²) in [6.07, 6.45) is 1.65. The van der Waals surface area contributed by atoms with Crippen LogP contribution in [0.5, 0.6) is 0 Å². The van der Waals surface area contributed by atoms with Gasteiger partial charge in [0.05, 0.1) is 0 Å². The minimum atomic E-state index is -0.500. The Balaban J connectivity index is -0.000000179. The normalized spacial score (nSPS) is 7.44. The first-order valence-electron chi connectivity index (χ1n) is 4.64. The summed E-state index contributed by atoms with van der Waals surface area (Å²) >= 11 is 8.37. The van der Waals surface area contributed by atoms with E-state index in [1.807, 2.05) is 13.8 Å². The van der Waals surface area contributed by atoms with E-state index in [2.05, 4.69) is 36.7 Å². The van der Waals surface area contributed by atoms with Gasteiger partial charge >= 0.3 is 0 Å². The molecule has 0 saturated heterocycles. The molecule has 0 saturated carbocycles. The average Bonchev–Trinajstić information content (AvgIpc) is 2.18. The Labute approximate surface area is 108 Å². The van der Waals surface area contributed by atoms with E-state index in [0.29, 0.717) is 6.54 Å². The van der Waals surface area contributed by atoms with Crippen molar-refractivity contribution >= 4 is 34.8 Å². The highest BCUT2D eigenvalue weighted by Crippen LogP contribution is 1.85. The van der Waals surface area contributed by atoms with Crippen molar-refractivity contribution in [3.63, 3.8) is 0 Å². The van der Waals surface area contributed by atoms with Crippen LogP contribution in [0, 0.1) is 0 Å². The fourth-order valence-electron chi connectivity index (χ4n) is 0.494. The molecule has 96 valence electrons. The van der Waals surface area contributed by atoms with E-state index in [9.17, 15) is 0 Å². The van der Waals surface area contributed by atoms with Gasteiger partial charge < -0.3 is 26.6 Å². The fourth-order valence-corrected chi connectivity index (χ4v) is 0.752. The number of aliphatic hydroxyl groups excluding tert-OH is 2. The summed E-state index contributed by atoms with van der Waals surface area (Å²) in [6, 6.07) is 0. The zero-order valence-electron chi connectivity index (χ0n) is 9.72. The van der Waals surface area contributed by atoms with Crippen LogP contribution < -0.4 is 11.5 Å². The van der Waals surface area contributed by atoms with Crippen LogP contribution in [-0.2, 0) is 0 Å². The minimum absolute atomic E-state index is 0.00463. The highest BCUT2D eigenvalue weighted by molar-refractivity contribution is 7.80. The molecular formula is C9H21N3O2S2. The van der Waals surface area contributed by atoms with Gasteiger partial charge in [-0.1, -0.05) is 6.08 Å². The van der Waals surface area contributed by atoms with Crippen LogP contribution >= 0.6 is 24.4 Å². The monoisotopic (exact) mass is 267 g/mol. The molecule has 0 aliphatic rings. The van der Waals surface area contributed by atoms with E-state index >= 15 is 0 Å². The highest BCUT2D eigenvalue weighted by Gasteiger charge is 1.98. The first-order chi connectivity index (χ1) is 7.37. The van der Waals surface area contributed by atoms with E-state index in [1.54, 1.807) is 11.0 Å². The lowest BCUT2D eigenvalue weighted by atomic mass is 10.6. The number of thiocarbonyl (C=S) groups is 2. The number of aliphatic hydroxyl groups is 2. The fraction of sp³-hybridized carbons (Fsp3) is 0.556. The average molecular weight is 267 g/mol. The van der Waals surface area contributed by atoms with Crippen molar-refractivity contribution < 1.29 is 10.2 Å². The van der Waals surface area contributed by atoms with Crippen molar-refractivity contribution in [3.05, 3.63) is 12.7 Å². The molecule has 0 aliphatic heterocycles. The second-order valence-electron chi connectivity index (χ2n) is 2.32. The highest BCUT2D eigenvalue weighted by atomic mass is 32.1. The summed E-state index contributed by atoms with van der Waals surface area (Å²) in [5, 5.41) is 15.7. The molecule has 0 aromatic rings. The Morgan fingerprint density at radius 1 is 1.31 bits per heavy atom. The summed E-state index contributed by atoms with van der Waals surface area (Å²) in [4.78, 5) is 1.70. The quantitative estimate of drug-likeness (QED) is 0.449. The molecule has 0 aromatic heterocycles. The Morgan fingerprint density at radius 2 is 1.56 bits per heavy atom. The van der Waals surface area contributed by atoms with Gasteiger partial charge in [0.1, 0.15) is 0 Å². The summed E-state index contributed by atoms with van der Waals surface area (Å²) in [6.45, 7) is 9.41. The first-order valence-corrected chi connectivity index (χ1v) is 5.46. The summed E-state index contributed by atoms with van der Waals surface area (Å²) in [5.41, 5.74) is 9.31. The number of nitrogens with two attached hydrogens (primary N) is 2. The Morgan fingerprint density at radius 3 is 1.56 bits per heavy atom. The molecule has 0 aliphatic carbocycles. The number of hydrogen-bond donors (Lipinski definition) is 4. The second-order valence-corrected chi connectivity index (χ2v) is 3.10. The van der Waals surface area contributed by atoms with Gasteiger partial charge in [-0.15, -0.1) is 6.58 Å². The van der Waals surface area contributed by atoms with Crippen LogP contribution in [-0.4, -0.2) is 45.1 Å². The number of rotatable bonds is 3. The van der Waals surface area contributed by atoms with Gasteiger partial charge in [-0.3, -0.25) is 0 Å². The largest absolute Gasteiger partial charge is 0.487 e. The third-order valence-corrected chi connectivity index (χ3v) is 1.46. The van der Waals surface area contributed by atoms with Crippen molar-refractivity contribution in [2.24, 2.45) is 11.5 Å². The van der Waals surface area contributed by atoms with Crippen LogP contribution in [0.25, 0.3) is 0 Å². The molecule has 0 rings (SSSR count). The molecule has 7 heteroatoms. The molecule has 0 fully saturated rings. The van der Waals surface area contributed by atoms with Crippen molar-refractivity contribution in [2.45, 2.75) is 13.8 Å². The van der Waals surface area contributed by atoms with Gasteiger partial charge in [0.15, 0.2) is 0 Å². The van der Waals surface area contributed by atoms with Gasteiger partial charge in [0.25, 0.3) is 10.3 Å². The van der Waals surface area contributed by atoms with Gasteiger partial charge in [0.2, 0.25) is 0 Å². The predicted molar refractivity (Wildman–Crippen MR) is 76.8 cm³/mol. The molecule has 0 amide bonds. The van der Waals surface area contributed by atoms with E-state index in [-0.39, 0.29) is 5.17 Å². The molecule has 0 unspecified atom stereocenters. The Bertz CT molecular complexity index is 193. The van der Waals surface area contributed by atoms with E-state index < -0.39 is 5.17 Å². The zero-order valence-corrected chi connectivity index (χ0v) is 11.4. The zero-order chi connectivity index (χ0) is 13.6. The molecule has 0 aromatic carbocycles. The topological polar surface area (TPSA) is 95.7 Å². The number of hydrogen-bond acceptors (Lipinski definition) is 3. The standard InChI is InChI=1S/C5H11NOS.C3H7N.CH3NOS/c1-3-6(4-2)5(7)8;1-2-3-4;2-1(3)4/h3-4H2,1-2H3,(H,7,8);2H,1,3-4H2;(H3,2,3,4). The van der Waals surface area contributed by atoms with Crippen LogP contribution in [0.4, 0.5) is 0 Å². The van der Waals surface area contributed by atoms with Crippen LogP contribution in [0.3, 0.4) is 0 Å². The van der Waals surface area contributed by atoms with E-state index in [4.69, 9.17) is 15.9 Å². The molecule has 0 heterocycles. The van der Waals surface area contributed by atoms with Crippen LogP contribution in [0.1, 0.15) is 13.8 Å². The Hall–Kier alpha value is -0.920. The third kappa shape index (κ3) is 29.2. The molecule has 0 spiro atoms. The van der Waals surface area contributed by atoms with Crippen LogP contribution in [0.2, 0.25) is 0 Å². The van der Waals surface area contributed by atoms with E-state index in [0.717, 1.165) is 13.1 Å². The summed E-state index contributed by atoms with van der Waals surface area (Å²) in [7, 11) is 0. The minimum Gasteiger partial charge on any atom is -0.487 e. The van der Waals surface area contributed by atoms with Gasteiger partial charge in [0, 0.05) is 19.6 Å². The Kier molecular flexibility index (Phi) is 21.1. The summed E-state index contributed by atoms with van der Waals surface area (Å²) < 4.78 is 0. The van der Waals surface area contributed by atoms with Crippen LogP contribution in [0.15, 0.2) is 12.7 Å². The summed E-state index contributed by atoms with van der Waals surface area (Å²) in [5.74, 6) is 0. The van der Waals surface area contributed by atoms with Gasteiger partial charge in [-0.25, -0.2) is 0 Å². The maximum absolute atomic E-state index is 8.67. The van der Waals surface area contributed by atoms with Crippen molar-refractivity contribution in [1.82, 2.24) is 4.90 Å². The second kappa shape index (κ2) is 16.5. The molecular weight excluding hydrogens is 246 g/mol. The van der Waals surface area contributed by atoms with Gasteiger partial charge in [-0.2, -0.15) is 0 Å².